The molecule has 1 atom stereocenters. The van der Waals surface area contributed by atoms with Crippen LogP contribution in [-0.2, 0) is 14.3 Å². The average molecular weight is 200 g/mol. The second-order valence-corrected chi connectivity index (χ2v) is 2.13. The molecule has 0 amide bonds. The van der Waals surface area contributed by atoms with Crippen LogP contribution in [0.1, 0.15) is 13.8 Å². The van der Waals surface area contributed by atoms with Crippen LogP contribution in [0.15, 0.2) is 0 Å². The SMILES string of the molecule is CCOC(=O)C(OCC)C(F)(F)F. The quantitative estimate of drug-likeness (QED) is 0.645. The Morgan fingerprint density at radius 2 is 1.85 bits per heavy atom. The van der Waals surface area contributed by atoms with Crippen LogP contribution >= 0.6 is 0 Å². The lowest BCUT2D eigenvalue weighted by Gasteiger charge is -2.17. The molecule has 0 rings (SSSR count). The van der Waals surface area contributed by atoms with Gasteiger partial charge in [-0.25, -0.2) is 4.79 Å². The molecule has 6 heteroatoms. The first-order valence-electron chi connectivity index (χ1n) is 3.78. The van der Waals surface area contributed by atoms with Crippen molar-refractivity contribution in [1.82, 2.24) is 0 Å². The summed E-state index contributed by atoms with van der Waals surface area (Å²) in [6, 6.07) is 0. The van der Waals surface area contributed by atoms with Gasteiger partial charge in [0.2, 0.25) is 0 Å². The van der Waals surface area contributed by atoms with Crippen LogP contribution in [0.4, 0.5) is 13.2 Å². The fraction of sp³-hybridized carbons (Fsp3) is 0.857. The summed E-state index contributed by atoms with van der Waals surface area (Å²) < 4.78 is 44.6. The van der Waals surface area contributed by atoms with Crippen LogP contribution in [0, 0.1) is 0 Å². The Morgan fingerprint density at radius 1 is 1.31 bits per heavy atom. The number of esters is 1. The number of carbonyl (C=O) groups excluding carboxylic acids is 1. The van der Waals surface area contributed by atoms with Gasteiger partial charge >= 0.3 is 12.1 Å². The van der Waals surface area contributed by atoms with Crippen molar-refractivity contribution >= 4 is 5.97 Å². The molecular weight excluding hydrogens is 189 g/mol. The molecule has 0 saturated heterocycles. The number of carbonyl (C=O) groups is 1. The first-order valence-corrected chi connectivity index (χ1v) is 3.78. The summed E-state index contributed by atoms with van der Waals surface area (Å²) in [5.41, 5.74) is 0. The zero-order chi connectivity index (χ0) is 10.5. The third-order valence-electron chi connectivity index (χ3n) is 1.13. The maximum absolute atomic E-state index is 12.1. The molecule has 0 N–H and O–H groups in total. The number of hydrogen-bond donors (Lipinski definition) is 0. The van der Waals surface area contributed by atoms with Crippen molar-refractivity contribution in [2.24, 2.45) is 0 Å². The van der Waals surface area contributed by atoms with Gasteiger partial charge in [0.15, 0.2) is 0 Å². The van der Waals surface area contributed by atoms with Gasteiger partial charge in [0.05, 0.1) is 6.61 Å². The predicted molar refractivity (Wildman–Crippen MR) is 38.1 cm³/mol. The molecule has 0 heterocycles. The van der Waals surface area contributed by atoms with Crippen LogP contribution in [0.3, 0.4) is 0 Å². The molecule has 78 valence electrons. The maximum atomic E-state index is 12.1. The smallest absolute Gasteiger partial charge is 0.425 e. The first-order chi connectivity index (χ1) is 5.93. The molecule has 0 saturated carbocycles. The van der Waals surface area contributed by atoms with Gasteiger partial charge in [0.1, 0.15) is 0 Å². The number of hydrogen-bond acceptors (Lipinski definition) is 3. The van der Waals surface area contributed by atoms with Crippen LogP contribution in [0.25, 0.3) is 0 Å². The van der Waals surface area contributed by atoms with E-state index in [0.717, 1.165) is 0 Å². The van der Waals surface area contributed by atoms with Gasteiger partial charge in [-0.2, -0.15) is 13.2 Å². The summed E-state index contributed by atoms with van der Waals surface area (Å²) in [5.74, 6) is -1.39. The lowest BCUT2D eigenvalue weighted by atomic mass is 10.3. The van der Waals surface area contributed by atoms with Gasteiger partial charge in [-0.05, 0) is 13.8 Å². The molecule has 0 fully saturated rings. The van der Waals surface area contributed by atoms with Crippen LogP contribution in [0.5, 0.6) is 0 Å². The highest BCUT2D eigenvalue weighted by molar-refractivity contribution is 5.75. The van der Waals surface area contributed by atoms with Crippen molar-refractivity contribution < 1.29 is 27.4 Å². The van der Waals surface area contributed by atoms with E-state index in [2.05, 4.69) is 9.47 Å². The average Bonchev–Trinajstić information content (AvgIpc) is 1.98. The van der Waals surface area contributed by atoms with E-state index in [1.807, 2.05) is 0 Å². The second-order valence-electron chi connectivity index (χ2n) is 2.13. The molecule has 0 aliphatic heterocycles. The Hall–Kier alpha value is -0.780. The highest BCUT2D eigenvalue weighted by Crippen LogP contribution is 2.23. The third-order valence-corrected chi connectivity index (χ3v) is 1.13. The topological polar surface area (TPSA) is 35.5 Å². The van der Waals surface area contributed by atoms with E-state index >= 15 is 0 Å². The summed E-state index contributed by atoms with van der Waals surface area (Å²) in [5, 5.41) is 0. The van der Waals surface area contributed by atoms with Gasteiger partial charge in [-0.1, -0.05) is 0 Å². The molecule has 0 spiro atoms. The molecule has 0 radical (unpaired) electrons. The van der Waals surface area contributed by atoms with Crippen molar-refractivity contribution in [3.05, 3.63) is 0 Å². The zero-order valence-electron chi connectivity index (χ0n) is 7.35. The normalized spacial score (nSPS) is 13.9. The summed E-state index contributed by atoms with van der Waals surface area (Å²) in [6.45, 7) is 2.51. The fourth-order valence-corrected chi connectivity index (χ4v) is 0.681. The van der Waals surface area contributed by atoms with Crippen molar-refractivity contribution in [1.29, 1.82) is 0 Å². The monoisotopic (exact) mass is 200 g/mol. The Kier molecular flexibility index (Phi) is 4.76. The van der Waals surface area contributed by atoms with Crippen molar-refractivity contribution in [2.75, 3.05) is 13.2 Å². The molecule has 0 aliphatic carbocycles. The van der Waals surface area contributed by atoms with E-state index < -0.39 is 18.2 Å². The second kappa shape index (κ2) is 5.06. The van der Waals surface area contributed by atoms with Gasteiger partial charge in [-0.3, -0.25) is 0 Å². The number of rotatable bonds is 4. The summed E-state index contributed by atoms with van der Waals surface area (Å²) in [7, 11) is 0. The summed E-state index contributed by atoms with van der Waals surface area (Å²) in [4.78, 5) is 10.7. The van der Waals surface area contributed by atoms with Crippen LogP contribution in [0.2, 0.25) is 0 Å². The Bertz CT molecular complexity index is 167. The predicted octanol–water partition coefficient (Wildman–Crippen LogP) is 1.52. The molecule has 0 aromatic rings. The lowest BCUT2D eigenvalue weighted by molar-refractivity contribution is -0.229. The van der Waals surface area contributed by atoms with Gasteiger partial charge in [0.25, 0.3) is 6.10 Å². The minimum atomic E-state index is -4.71. The number of ether oxygens (including phenoxy) is 2. The van der Waals surface area contributed by atoms with Crippen molar-refractivity contribution in [3.8, 4) is 0 Å². The maximum Gasteiger partial charge on any atom is 0.425 e. The molecule has 1 unspecified atom stereocenters. The molecule has 0 aromatic carbocycles. The van der Waals surface area contributed by atoms with E-state index in [0.29, 0.717) is 0 Å². The fourth-order valence-electron chi connectivity index (χ4n) is 0.681. The molecule has 0 aliphatic rings. The molecule has 0 bridgehead atoms. The Morgan fingerprint density at radius 3 is 2.15 bits per heavy atom. The van der Waals surface area contributed by atoms with E-state index in [9.17, 15) is 18.0 Å². The minimum Gasteiger partial charge on any atom is -0.464 e. The largest absolute Gasteiger partial charge is 0.464 e. The van der Waals surface area contributed by atoms with Crippen molar-refractivity contribution in [3.63, 3.8) is 0 Å². The van der Waals surface area contributed by atoms with Gasteiger partial charge < -0.3 is 9.47 Å². The van der Waals surface area contributed by atoms with Crippen LogP contribution in [-0.4, -0.2) is 31.5 Å². The molecular formula is C7H11F3O3. The molecule has 13 heavy (non-hydrogen) atoms. The minimum absolute atomic E-state index is 0.0987. The van der Waals surface area contributed by atoms with E-state index in [1.54, 1.807) is 0 Å². The van der Waals surface area contributed by atoms with E-state index in [1.165, 1.54) is 13.8 Å². The van der Waals surface area contributed by atoms with E-state index in [-0.39, 0.29) is 13.2 Å². The van der Waals surface area contributed by atoms with Crippen LogP contribution < -0.4 is 0 Å². The van der Waals surface area contributed by atoms with Gasteiger partial charge in [0, 0.05) is 6.61 Å². The first kappa shape index (κ1) is 12.2. The summed E-state index contributed by atoms with van der Waals surface area (Å²) in [6.07, 6.45) is -7.17. The summed E-state index contributed by atoms with van der Waals surface area (Å²) >= 11 is 0. The lowest BCUT2D eigenvalue weighted by Crippen LogP contribution is -2.40. The zero-order valence-corrected chi connectivity index (χ0v) is 7.35. The van der Waals surface area contributed by atoms with Gasteiger partial charge in [-0.15, -0.1) is 0 Å². The number of halogens is 3. The molecule has 0 aromatic heterocycles. The van der Waals surface area contributed by atoms with Crippen molar-refractivity contribution in [2.45, 2.75) is 26.1 Å². The number of alkyl halides is 3. The standard InChI is InChI=1S/C7H11F3O3/c1-3-12-5(7(8,9)10)6(11)13-4-2/h5H,3-4H2,1-2H3. The highest BCUT2D eigenvalue weighted by Gasteiger charge is 2.46. The third kappa shape index (κ3) is 4.12. The Balaban J connectivity index is 4.33. The van der Waals surface area contributed by atoms with E-state index in [4.69, 9.17) is 0 Å². The molecule has 3 nitrogen and oxygen atoms in total. The Labute approximate surface area is 73.8 Å². The highest BCUT2D eigenvalue weighted by atomic mass is 19.4.